The highest BCUT2D eigenvalue weighted by atomic mass is 35.5. The van der Waals surface area contributed by atoms with Gasteiger partial charge in [0.2, 0.25) is 5.91 Å². The lowest BCUT2D eigenvalue weighted by Crippen LogP contribution is -2.51. The Kier molecular flexibility index (Phi) is 5.48. The monoisotopic (exact) mass is 388 g/mol. The highest BCUT2D eigenvalue weighted by molar-refractivity contribution is 6.30. The molecule has 2 saturated heterocycles. The summed E-state index contributed by atoms with van der Waals surface area (Å²) in [4.78, 5) is 24.2. The van der Waals surface area contributed by atoms with Crippen LogP contribution in [0.4, 0.5) is 0 Å². The summed E-state index contributed by atoms with van der Waals surface area (Å²) in [5, 5.41) is 0.724. The number of aromatic amines is 1. The molecule has 1 amide bonds. The maximum Gasteiger partial charge on any atom is 0.219 e. The highest BCUT2D eigenvalue weighted by Gasteiger charge is 2.34. The summed E-state index contributed by atoms with van der Waals surface area (Å²) in [6.07, 6.45) is 3.88. The molecule has 2 aliphatic rings. The topological polar surface area (TPSA) is 61.5 Å². The van der Waals surface area contributed by atoms with Crippen molar-refractivity contribution in [1.82, 2.24) is 19.8 Å². The van der Waals surface area contributed by atoms with Crippen LogP contribution < -0.4 is 0 Å². The van der Waals surface area contributed by atoms with Crippen molar-refractivity contribution in [3.05, 3.63) is 41.3 Å². The molecule has 2 aliphatic heterocycles. The average Bonchev–Trinajstić information content (AvgIpc) is 3.19. The number of nitrogens with one attached hydrogen (secondary N) is 1. The van der Waals surface area contributed by atoms with Crippen LogP contribution in [0.2, 0.25) is 5.02 Å². The fourth-order valence-corrected chi connectivity index (χ4v) is 4.21. The molecule has 2 fully saturated rings. The normalized spacial score (nSPS) is 22.1. The molecule has 0 spiro atoms. The minimum absolute atomic E-state index is 0.119. The largest absolute Gasteiger partial charge is 0.378 e. The van der Waals surface area contributed by atoms with Crippen LogP contribution in [0.15, 0.2) is 30.5 Å². The fourth-order valence-electron chi connectivity index (χ4n) is 4.08. The van der Waals surface area contributed by atoms with Crippen molar-refractivity contribution >= 4 is 17.5 Å². The SMILES string of the molecule is CC(=O)N1CCC(N2CCOC[C@H]2c2ncc(-c3ccc(Cl)cc3)[nH]2)CC1. The van der Waals surface area contributed by atoms with Gasteiger partial charge in [0.25, 0.3) is 0 Å². The van der Waals surface area contributed by atoms with Crippen molar-refractivity contribution in [3.63, 3.8) is 0 Å². The summed E-state index contributed by atoms with van der Waals surface area (Å²) >= 11 is 5.99. The minimum Gasteiger partial charge on any atom is -0.378 e. The molecule has 0 bridgehead atoms. The Morgan fingerprint density at radius 2 is 1.96 bits per heavy atom. The van der Waals surface area contributed by atoms with Gasteiger partial charge in [0.15, 0.2) is 0 Å². The van der Waals surface area contributed by atoms with E-state index in [1.54, 1.807) is 6.92 Å². The molecular formula is C20H25ClN4O2. The van der Waals surface area contributed by atoms with Crippen LogP contribution in [0.1, 0.15) is 31.6 Å². The number of piperidine rings is 1. The Bertz CT molecular complexity index is 784. The molecule has 7 heteroatoms. The molecule has 144 valence electrons. The lowest BCUT2D eigenvalue weighted by atomic mass is 10.00. The third kappa shape index (κ3) is 4.03. The van der Waals surface area contributed by atoms with Gasteiger partial charge in [0, 0.05) is 37.6 Å². The summed E-state index contributed by atoms with van der Waals surface area (Å²) in [7, 11) is 0. The maximum absolute atomic E-state index is 11.6. The van der Waals surface area contributed by atoms with Gasteiger partial charge in [0.05, 0.1) is 31.1 Å². The summed E-state index contributed by atoms with van der Waals surface area (Å²) in [5.41, 5.74) is 2.05. The first kappa shape index (κ1) is 18.5. The second-order valence-electron chi connectivity index (χ2n) is 7.25. The molecule has 0 saturated carbocycles. The number of benzene rings is 1. The Morgan fingerprint density at radius 1 is 1.22 bits per heavy atom. The Labute approximate surface area is 164 Å². The van der Waals surface area contributed by atoms with Gasteiger partial charge >= 0.3 is 0 Å². The molecule has 3 heterocycles. The molecule has 0 radical (unpaired) electrons. The van der Waals surface area contributed by atoms with Crippen LogP contribution in [0.3, 0.4) is 0 Å². The van der Waals surface area contributed by atoms with Gasteiger partial charge in [0.1, 0.15) is 5.82 Å². The number of morpholine rings is 1. The third-order valence-electron chi connectivity index (χ3n) is 5.62. The first-order chi connectivity index (χ1) is 13.1. The van der Waals surface area contributed by atoms with Gasteiger partial charge in [-0.05, 0) is 30.5 Å². The van der Waals surface area contributed by atoms with Crippen molar-refractivity contribution in [1.29, 1.82) is 0 Å². The second-order valence-corrected chi connectivity index (χ2v) is 7.69. The number of hydrogen-bond acceptors (Lipinski definition) is 4. The molecule has 1 aromatic carbocycles. The van der Waals surface area contributed by atoms with Crippen molar-refractivity contribution in [2.75, 3.05) is 32.8 Å². The van der Waals surface area contributed by atoms with Gasteiger partial charge in [-0.1, -0.05) is 23.7 Å². The first-order valence-corrected chi connectivity index (χ1v) is 9.89. The summed E-state index contributed by atoms with van der Waals surface area (Å²) in [6.45, 7) is 5.59. The number of carbonyl (C=O) groups excluding carboxylic acids is 1. The molecule has 6 nitrogen and oxygen atoms in total. The number of aromatic nitrogens is 2. The zero-order chi connectivity index (χ0) is 18.8. The molecule has 0 unspecified atom stereocenters. The van der Waals surface area contributed by atoms with Gasteiger partial charge in [-0.25, -0.2) is 4.98 Å². The number of halogens is 1. The third-order valence-corrected chi connectivity index (χ3v) is 5.87. The molecule has 2 aromatic rings. The number of nitrogens with zero attached hydrogens (tertiary/aromatic N) is 3. The molecule has 1 atom stereocenters. The van der Waals surface area contributed by atoms with Crippen molar-refractivity contribution in [2.24, 2.45) is 0 Å². The Hall–Kier alpha value is -1.89. The standard InChI is InChI=1S/C20H25ClN4O2/c1-14(26)24-8-6-17(7-9-24)25-10-11-27-13-19(25)20-22-12-18(23-20)15-2-4-16(21)5-3-15/h2-5,12,17,19H,6-11,13H2,1H3,(H,22,23)/t19-/m0/s1. The molecule has 0 aliphatic carbocycles. The van der Waals surface area contributed by atoms with E-state index in [2.05, 4.69) is 14.9 Å². The van der Waals surface area contributed by atoms with E-state index in [4.69, 9.17) is 16.3 Å². The number of hydrogen-bond donors (Lipinski definition) is 1. The number of likely N-dealkylation sites (tertiary alicyclic amines) is 1. The van der Waals surface area contributed by atoms with Gasteiger partial charge in [-0.15, -0.1) is 0 Å². The van der Waals surface area contributed by atoms with E-state index in [0.717, 1.165) is 61.2 Å². The van der Waals surface area contributed by atoms with E-state index in [1.165, 1.54) is 0 Å². The van der Waals surface area contributed by atoms with Crippen molar-refractivity contribution in [3.8, 4) is 11.3 Å². The van der Waals surface area contributed by atoms with Gasteiger partial charge in [-0.3, -0.25) is 9.69 Å². The molecule has 27 heavy (non-hydrogen) atoms. The Morgan fingerprint density at radius 3 is 2.67 bits per heavy atom. The van der Waals surface area contributed by atoms with Crippen LogP contribution in [0.25, 0.3) is 11.3 Å². The van der Waals surface area contributed by atoms with Gasteiger partial charge < -0.3 is 14.6 Å². The van der Waals surface area contributed by atoms with Crippen LogP contribution in [-0.4, -0.2) is 64.6 Å². The number of amides is 1. The summed E-state index contributed by atoms with van der Waals surface area (Å²) in [5.74, 6) is 1.11. The minimum atomic E-state index is 0.119. The van der Waals surface area contributed by atoms with Crippen LogP contribution in [-0.2, 0) is 9.53 Å². The van der Waals surface area contributed by atoms with E-state index < -0.39 is 0 Å². The number of H-pyrrole nitrogens is 1. The van der Waals surface area contributed by atoms with E-state index >= 15 is 0 Å². The van der Waals surface area contributed by atoms with Gasteiger partial charge in [-0.2, -0.15) is 0 Å². The lowest BCUT2D eigenvalue weighted by molar-refractivity contribution is -0.131. The number of ether oxygens (including phenoxy) is 1. The molecule has 1 N–H and O–H groups in total. The number of imidazole rings is 1. The van der Waals surface area contributed by atoms with Crippen LogP contribution in [0.5, 0.6) is 0 Å². The molecule has 4 rings (SSSR count). The highest BCUT2D eigenvalue weighted by Crippen LogP contribution is 2.30. The molecular weight excluding hydrogens is 364 g/mol. The first-order valence-electron chi connectivity index (χ1n) is 9.51. The van der Waals surface area contributed by atoms with Crippen LogP contribution >= 0.6 is 11.6 Å². The smallest absolute Gasteiger partial charge is 0.219 e. The Balaban J connectivity index is 1.50. The lowest BCUT2D eigenvalue weighted by Gasteiger charge is -2.43. The zero-order valence-electron chi connectivity index (χ0n) is 15.5. The fraction of sp³-hybridized carbons (Fsp3) is 0.500. The van der Waals surface area contributed by atoms with E-state index in [-0.39, 0.29) is 11.9 Å². The van der Waals surface area contributed by atoms with Crippen molar-refractivity contribution in [2.45, 2.75) is 31.8 Å². The quantitative estimate of drug-likeness (QED) is 0.877. The summed E-state index contributed by atoms with van der Waals surface area (Å²) in [6, 6.07) is 8.33. The second kappa shape index (κ2) is 8.00. The van der Waals surface area contributed by atoms with Crippen LogP contribution in [0, 0.1) is 0 Å². The van der Waals surface area contributed by atoms with E-state index in [1.807, 2.05) is 35.4 Å². The molecule has 1 aromatic heterocycles. The zero-order valence-corrected chi connectivity index (χ0v) is 16.3. The number of rotatable bonds is 3. The predicted octanol–water partition coefficient (Wildman–Crippen LogP) is 3.11. The van der Waals surface area contributed by atoms with E-state index in [0.29, 0.717) is 12.6 Å². The van der Waals surface area contributed by atoms with Crippen molar-refractivity contribution < 1.29 is 9.53 Å². The number of carbonyl (C=O) groups is 1. The summed E-state index contributed by atoms with van der Waals surface area (Å²) < 4.78 is 5.76. The average molecular weight is 389 g/mol. The predicted molar refractivity (Wildman–Crippen MR) is 105 cm³/mol. The maximum atomic E-state index is 11.6. The van der Waals surface area contributed by atoms with E-state index in [9.17, 15) is 4.79 Å².